The zero-order valence-corrected chi connectivity index (χ0v) is 19.6. The minimum absolute atomic E-state index is 0.0404. The van der Waals surface area contributed by atoms with E-state index >= 15 is 0 Å². The summed E-state index contributed by atoms with van der Waals surface area (Å²) in [7, 11) is 1.63. The van der Waals surface area contributed by atoms with Gasteiger partial charge in [-0.25, -0.2) is 0 Å². The molecule has 0 fully saturated rings. The quantitative estimate of drug-likeness (QED) is 0.421. The number of thiazole rings is 1. The fraction of sp³-hybridized carbons (Fsp3) is 0.154. The van der Waals surface area contributed by atoms with Crippen molar-refractivity contribution in [2.24, 2.45) is 5.92 Å². The van der Waals surface area contributed by atoms with Crippen molar-refractivity contribution >= 4 is 34.7 Å². The van der Waals surface area contributed by atoms with Gasteiger partial charge in [0.15, 0.2) is 0 Å². The smallest absolute Gasteiger partial charge is 0.312 e. The molecule has 1 aromatic heterocycles. The van der Waals surface area contributed by atoms with Crippen LogP contribution >= 0.6 is 23.1 Å². The Hall–Kier alpha value is -3.29. The van der Waals surface area contributed by atoms with Gasteiger partial charge in [-0.2, -0.15) is 0 Å². The standard InChI is InChI=1S/C26H22N2O3S2/c1-31-20-14-12-17(13-15-20)22-21(24(29)27-18-8-4-2-5-9-18)16-32-25-23(22)33-26(30)28(25)19-10-6-3-7-11-19/h2-15,21-22H,16H2,1H3,(H,27,29)/t21-,22+/m0/s1. The van der Waals surface area contributed by atoms with Crippen molar-refractivity contribution in [1.82, 2.24) is 4.57 Å². The lowest BCUT2D eigenvalue weighted by atomic mass is 9.85. The summed E-state index contributed by atoms with van der Waals surface area (Å²) in [5.41, 5.74) is 2.60. The Bertz CT molecular complexity index is 1320. The minimum Gasteiger partial charge on any atom is -0.497 e. The van der Waals surface area contributed by atoms with Gasteiger partial charge in [0.25, 0.3) is 0 Å². The van der Waals surface area contributed by atoms with Crippen LogP contribution in [0, 0.1) is 5.92 Å². The summed E-state index contributed by atoms with van der Waals surface area (Å²) in [4.78, 5) is 27.4. The normalized spacial score (nSPS) is 17.2. The molecule has 2 atom stereocenters. The van der Waals surface area contributed by atoms with Crippen LogP contribution in [0.1, 0.15) is 16.4 Å². The van der Waals surface area contributed by atoms with E-state index in [2.05, 4.69) is 5.32 Å². The highest BCUT2D eigenvalue weighted by Gasteiger charge is 2.39. The number of amides is 1. The summed E-state index contributed by atoms with van der Waals surface area (Å²) in [6.45, 7) is 0. The third-order valence-corrected chi connectivity index (χ3v) is 8.10. The second kappa shape index (κ2) is 9.29. The largest absolute Gasteiger partial charge is 0.497 e. The number of hydrogen-bond acceptors (Lipinski definition) is 5. The number of carbonyl (C=O) groups is 1. The number of para-hydroxylation sites is 2. The molecule has 166 valence electrons. The fourth-order valence-corrected chi connectivity index (χ4v) is 6.84. The van der Waals surface area contributed by atoms with Gasteiger partial charge in [0.2, 0.25) is 5.91 Å². The molecule has 2 heterocycles. The summed E-state index contributed by atoms with van der Waals surface area (Å²) in [5, 5.41) is 3.98. The van der Waals surface area contributed by atoms with Crippen LogP contribution in [0.5, 0.6) is 5.75 Å². The van der Waals surface area contributed by atoms with Crippen molar-refractivity contribution in [2.45, 2.75) is 10.9 Å². The van der Waals surface area contributed by atoms with Crippen LogP contribution < -0.4 is 14.9 Å². The van der Waals surface area contributed by atoms with Gasteiger partial charge in [0.1, 0.15) is 5.75 Å². The van der Waals surface area contributed by atoms with E-state index in [0.29, 0.717) is 5.75 Å². The maximum Gasteiger partial charge on any atom is 0.312 e. The van der Waals surface area contributed by atoms with Crippen molar-refractivity contribution in [3.8, 4) is 11.4 Å². The van der Waals surface area contributed by atoms with Crippen LogP contribution in [0.3, 0.4) is 0 Å². The zero-order chi connectivity index (χ0) is 22.8. The number of nitrogens with zero attached hydrogens (tertiary/aromatic N) is 1. The predicted molar refractivity (Wildman–Crippen MR) is 134 cm³/mol. The molecule has 1 aliphatic rings. The molecule has 0 bridgehead atoms. The highest BCUT2D eigenvalue weighted by Crippen LogP contribution is 2.47. The molecular formula is C26H22N2O3S2. The molecule has 0 saturated heterocycles. The molecule has 0 saturated carbocycles. The Morgan fingerprint density at radius 2 is 1.64 bits per heavy atom. The van der Waals surface area contributed by atoms with Crippen molar-refractivity contribution in [1.29, 1.82) is 0 Å². The number of rotatable bonds is 5. The Morgan fingerprint density at radius 3 is 2.30 bits per heavy atom. The number of carbonyl (C=O) groups excluding carboxylic acids is 1. The molecule has 3 aromatic carbocycles. The Morgan fingerprint density at radius 1 is 0.970 bits per heavy atom. The number of nitrogens with one attached hydrogen (secondary N) is 1. The first-order chi connectivity index (χ1) is 16.2. The molecule has 33 heavy (non-hydrogen) atoms. The monoisotopic (exact) mass is 474 g/mol. The maximum atomic E-state index is 13.4. The number of aromatic nitrogens is 1. The van der Waals surface area contributed by atoms with Crippen LogP contribution in [0.25, 0.3) is 5.69 Å². The molecule has 5 nitrogen and oxygen atoms in total. The second-order valence-electron chi connectivity index (χ2n) is 7.73. The van der Waals surface area contributed by atoms with E-state index in [0.717, 1.165) is 32.6 Å². The Labute approximate surface area is 200 Å². The van der Waals surface area contributed by atoms with E-state index in [1.54, 1.807) is 23.4 Å². The third kappa shape index (κ3) is 4.21. The van der Waals surface area contributed by atoms with Gasteiger partial charge in [0, 0.05) is 22.2 Å². The molecule has 0 unspecified atom stereocenters. The summed E-state index contributed by atoms with van der Waals surface area (Å²) in [6.07, 6.45) is 0. The first-order valence-electron chi connectivity index (χ1n) is 10.6. The van der Waals surface area contributed by atoms with Crippen molar-refractivity contribution in [2.75, 3.05) is 18.2 Å². The summed E-state index contributed by atoms with van der Waals surface area (Å²) in [6, 6.07) is 26.9. The predicted octanol–water partition coefficient (Wildman–Crippen LogP) is 5.40. The van der Waals surface area contributed by atoms with E-state index < -0.39 is 0 Å². The van der Waals surface area contributed by atoms with Gasteiger partial charge in [-0.1, -0.05) is 59.9 Å². The van der Waals surface area contributed by atoms with E-state index in [4.69, 9.17) is 4.74 Å². The fourth-order valence-electron chi connectivity index (χ4n) is 4.13. The van der Waals surface area contributed by atoms with Gasteiger partial charge in [-0.05, 0) is 42.0 Å². The Kier molecular flexibility index (Phi) is 6.07. The lowest BCUT2D eigenvalue weighted by Gasteiger charge is -2.31. The molecule has 4 aromatic rings. The molecule has 1 N–H and O–H groups in total. The van der Waals surface area contributed by atoms with Crippen molar-refractivity contribution in [3.63, 3.8) is 0 Å². The summed E-state index contributed by atoms with van der Waals surface area (Å²) in [5.74, 6) is 0.736. The molecule has 7 heteroatoms. The van der Waals surface area contributed by atoms with Crippen LogP contribution in [-0.2, 0) is 4.79 Å². The SMILES string of the molecule is COc1ccc([C@H]2c3sc(=O)n(-c4ccccc4)c3SC[C@@H]2C(=O)Nc2ccccc2)cc1. The highest BCUT2D eigenvalue weighted by molar-refractivity contribution is 7.99. The number of benzene rings is 3. The summed E-state index contributed by atoms with van der Waals surface area (Å²) >= 11 is 2.80. The second-order valence-corrected chi connectivity index (χ2v) is 9.73. The van der Waals surface area contributed by atoms with E-state index in [9.17, 15) is 9.59 Å². The lowest BCUT2D eigenvalue weighted by Crippen LogP contribution is -2.33. The van der Waals surface area contributed by atoms with Gasteiger partial charge in [-0.3, -0.25) is 14.2 Å². The van der Waals surface area contributed by atoms with Gasteiger partial charge in [0.05, 0.1) is 23.7 Å². The van der Waals surface area contributed by atoms with Gasteiger partial charge < -0.3 is 10.1 Å². The van der Waals surface area contributed by atoms with Crippen LogP contribution in [0.4, 0.5) is 5.69 Å². The van der Waals surface area contributed by atoms with Crippen LogP contribution in [0.15, 0.2) is 94.7 Å². The number of fused-ring (bicyclic) bond motifs is 1. The zero-order valence-electron chi connectivity index (χ0n) is 17.9. The van der Waals surface area contributed by atoms with E-state index in [1.807, 2.05) is 84.9 Å². The summed E-state index contributed by atoms with van der Waals surface area (Å²) < 4.78 is 7.10. The third-order valence-electron chi connectivity index (χ3n) is 5.75. The van der Waals surface area contributed by atoms with Crippen molar-refractivity contribution in [3.05, 3.63) is 105 Å². The number of ether oxygens (including phenoxy) is 1. The van der Waals surface area contributed by atoms with Crippen molar-refractivity contribution < 1.29 is 9.53 Å². The molecule has 0 radical (unpaired) electrons. The average molecular weight is 475 g/mol. The Balaban J connectivity index is 1.59. The molecule has 5 rings (SSSR count). The molecular weight excluding hydrogens is 452 g/mol. The van der Waals surface area contributed by atoms with Gasteiger partial charge >= 0.3 is 4.87 Å². The molecule has 0 spiro atoms. The number of hydrogen-bond donors (Lipinski definition) is 1. The topological polar surface area (TPSA) is 60.3 Å². The molecule has 1 aliphatic heterocycles. The minimum atomic E-state index is -0.321. The first-order valence-corrected chi connectivity index (χ1v) is 12.4. The highest BCUT2D eigenvalue weighted by atomic mass is 32.2. The average Bonchev–Trinajstić information content (AvgIpc) is 3.20. The van der Waals surface area contributed by atoms with Gasteiger partial charge in [-0.15, -0.1) is 11.8 Å². The lowest BCUT2D eigenvalue weighted by molar-refractivity contribution is -0.119. The molecule has 0 aliphatic carbocycles. The van der Waals surface area contributed by atoms with Crippen LogP contribution in [0.2, 0.25) is 0 Å². The maximum absolute atomic E-state index is 13.4. The first kappa shape index (κ1) is 21.6. The number of thioether (sulfide) groups is 1. The number of methoxy groups -OCH3 is 1. The number of anilines is 1. The molecule has 1 amide bonds. The van der Waals surface area contributed by atoms with E-state index in [1.165, 1.54) is 11.3 Å². The van der Waals surface area contributed by atoms with Crippen LogP contribution in [-0.4, -0.2) is 23.3 Å². The van der Waals surface area contributed by atoms with E-state index in [-0.39, 0.29) is 22.6 Å².